The maximum atomic E-state index is 12.6. The summed E-state index contributed by atoms with van der Waals surface area (Å²) in [5.41, 5.74) is 3.32. The van der Waals surface area contributed by atoms with Gasteiger partial charge in [0.05, 0.1) is 22.3 Å². The first-order valence-electron chi connectivity index (χ1n) is 8.95. The molecule has 5 rings (SSSR count). The molecule has 6 nitrogen and oxygen atoms in total. The third kappa shape index (κ3) is 3.34. The van der Waals surface area contributed by atoms with Crippen LogP contribution in [0.25, 0.3) is 33.1 Å². The number of carbonyl (C=O) groups is 1. The van der Waals surface area contributed by atoms with E-state index in [4.69, 9.17) is 16.0 Å². The minimum Gasteiger partial charge on any atom is -0.422 e. The molecular weight excluding hydrogens is 422 g/mol. The van der Waals surface area contributed by atoms with Gasteiger partial charge in [-0.3, -0.25) is 4.79 Å². The molecule has 1 N–H and O–H groups in total. The third-order valence-electron chi connectivity index (χ3n) is 4.67. The number of nitrogens with zero attached hydrogens (tertiary/aromatic N) is 2. The van der Waals surface area contributed by atoms with Crippen LogP contribution in [0.5, 0.6) is 0 Å². The molecule has 0 fully saturated rings. The van der Waals surface area contributed by atoms with Crippen LogP contribution in [0.1, 0.15) is 10.4 Å². The molecule has 0 aliphatic rings. The summed E-state index contributed by atoms with van der Waals surface area (Å²) >= 11 is 7.53. The fourth-order valence-electron chi connectivity index (χ4n) is 3.19. The maximum absolute atomic E-state index is 12.6. The Kier molecular flexibility index (Phi) is 4.54. The minimum atomic E-state index is -0.474. The number of aromatic nitrogens is 2. The van der Waals surface area contributed by atoms with Gasteiger partial charge < -0.3 is 9.73 Å². The van der Waals surface area contributed by atoms with Crippen molar-refractivity contribution in [3.63, 3.8) is 0 Å². The predicted molar refractivity (Wildman–Crippen MR) is 118 cm³/mol. The highest BCUT2D eigenvalue weighted by molar-refractivity contribution is 7.00. The van der Waals surface area contributed by atoms with Gasteiger partial charge in [-0.05, 0) is 42.5 Å². The van der Waals surface area contributed by atoms with Crippen molar-refractivity contribution in [2.24, 2.45) is 0 Å². The van der Waals surface area contributed by atoms with Crippen molar-refractivity contribution in [1.29, 1.82) is 0 Å². The topological polar surface area (TPSA) is 85.1 Å². The van der Waals surface area contributed by atoms with E-state index < -0.39 is 5.63 Å². The van der Waals surface area contributed by atoms with Crippen molar-refractivity contribution < 1.29 is 9.21 Å². The maximum Gasteiger partial charge on any atom is 0.344 e. The summed E-state index contributed by atoms with van der Waals surface area (Å²) in [6.07, 6.45) is 0. The van der Waals surface area contributed by atoms with Gasteiger partial charge in [0.15, 0.2) is 0 Å². The summed E-state index contributed by atoms with van der Waals surface area (Å²) in [6.45, 7) is 0. The molecule has 1 amide bonds. The van der Waals surface area contributed by atoms with Gasteiger partial charge in [0.2, 0.25) is 0 Å². The number of carbonyl (C=O) groups excluding carboxylic acids is 1. The van der Waals surface area contributed by atoms with Crippen LogP contribution in [0.4, 0.5) is 5.69 Å². The third-order valence-corrected chi connectivity index (χ3v) is 5.54. The van der Waals surface area contributed by atoms with Crippen molar-refractivity contribution in [3.8, 4) is 11.1 Å². The number of hydrogen-bond acceptors (Lipinski definition) is 6. The zero-order valence-corrected chi connectivity index (χ0v) is 16.8. The second-order valence-corrected chi connectivity index (χ2v) is 7.54. The van der Waals surface area contributed by atoms with Crippen LogP contribution in [0.15, 0.2) is 75.9 Å². The lowest BCUT2D eigenvalue weighted by Gasteiger charge is -2.09. The Hall–Kier alpha value is -3.55. The Bertz CT molecular complexity index is 1490. The summed E-state index contributed by atoms with van der Waals surface area (Å²) in [5.74, 6) is -0.293. The van der Waals surface area contributed by atoms with Gasteiger partial charge in [-0.2, -0.15) is 8.75 Å². The largest absolute Gasteiger partial charge is 0.422 e. The molecular formula is C22H12ClN3O3S. The van der Waals surface area contributed by atoms with Crippen LogP contribution in [0.2, 0.25) is 5.02 Å². The van der Waals surface area contributed by atoms with Crippen molar-refractivity contribution >= 4 is 56.9 Å². The van der Waals surface area contributed by atoms with Gasteiger partial charge in [0, 0.05) is 22.2 Å². The summed E-state index contributed by atoms with van der Waals surface area (Å²) in [7, 11) is 0. The first-order chi connectivity index (χ1) is 14.6. The molecule has 0 aliphatic heterocycles. The van der Waals surface area contributed by atoms with Gasteiger partial charge >= 0.3 is 5.63 Å². The second-order valence-electron chi connectivity index (χ2n) is 6.60. The lowest BCUT2D eigenvalue weighted by Crippen LogP contribution is -2.12. The molecule has 0 bridgehead atoms. The molecule has 0 spiro atoms. The van der Waals surface area contributed by atoms with E-state index in [9.17, 15) is 9.59 Å². The van der Waals surface area contributed by atoms with Crippen LogP contribution in [-0.2, 0) is 0 Å². The highest BCUT2D eigenvalue weighted by Crippen LogP contribution is 2.30. The Morgan fingerprint density at radius 3 is 2.63 bits per heavy atom. The van der Waals surface area contributed by atoms with E-state index in [1.807, 2.05) is 12.1 Å². The molecule has 0 unspecified atom stereocenters. The number of nitrogens with one attached hydrogen (secondary N) is 1. The van der Waals surface area contributed by atoms with Crippen LogP contribution in [0, 0.1) is 0 Å². The van der Waals surface area contributed by atoms with Gasteiger partial charge in [0.25, 0.3) is 5.91 Å². The molecule has 3 aromatic carbocycles. The fourth-order valence-corrected chi connectivity index (χ4v) is 3.99. The summed E-state index contributed by atoms with van der Waals surface area (Å²) in [5, 5.41) is 3.94. The number of para-hydroxylation sites is 1. The molecule has 0 saturated carbocycles. The van der Waals surface area contributed by atoms with Crippen LogP contribution in [-0.4, -0.2) is 14.7 Å². The highest BCUT2D eigenvalue weighted by Gasteiger charge is 2.14. The molecule has 146 valence electrons. The van der Waals surface area contributed by atoms with E-state index in [2.05, 4.69) is 14.1 Å². The summed E-state index contributed by atoms with van der Waals surface area (Å²) < 4.78 is 13.7. The number of benzene rings is 3. The first-order valence-corrected chi connectivity index (χ1v) is 10.1. The quantitative estimate of drug-likeness (QED) is 0.386. The van der Waals surface area contributed by atoms with E-state index in [0.29, 0.717) is 38.5 Å². The Labute approximate surface area is 179 Å². The molecule has 8 heteroatoms. The lowest BCUT2D eigenvalue weighted by molar-refractivity contribution is 0.102. The summed E-state index contributed by atoms with van der Waals surface area (Å²) in [4.78, 5) is 25.0. The van der Waals surface area contributed by atoms with Crippen molar-refractivity contribution in [1.82, 2.24) is 8.75 Å². The zero-order valence-electron chi connectivity index (χ0n) is 15.3. The average molecular weight is 434 g/mol. The first kappa shape index (κ1) is 18.5. The number of anilines is 1. The van der Waals surface area contributed by atoms with E-state index in [1.54, 1.807) is 54.6 Å². The van der Waals surface area contributed by atoms with Crippen molar-refractivity contribution in [2.75, 3.05) is 5.32 Å². The molecule has 2 heterocycles. The second kappa shape index (κ2) is 7.37. The molecule has 0 atom stereocenters. The van der Waals surface area contributed by atoms with Gasteiger partial charge in [-0.1, -0.05) is 35.9 Å². The van der Waals surface area contributed by atoms with Crippen LogP contribution in [0.3, 0.4) is 0 Å². The predicted octanol–water partition coefficient (Wildman–Crippen LogP) is 5.37. The van der Waals surface area contributed by atoms with Gasteiger partial charge in [-0.25, -0.2) is 4.79 Å². The number of amides is 1. The molecule has 2 aromatic heterocycles. The van der Waals surface area contributed by atoms with E-state index in [1.165, 1.54) is 0 Å². The lowest BCUT2D eigenvalue weighted by atomic mass is 10.1. The van der Waals surface area contributed by atoms with Crippen LogP contribution < -0.4 is 10.9 Å². The number of hydrogen-bond donors (Lipinski definition) is 1. The fraction of sp³-hybridized carbons (Fsp3) is 0. The number of rotatable bonds is 3. The van der Waals surface area contributed by atoms with E-state index in [0.717, 1.165) is 22.6 Å². The highest BCUT2D eigenvalue weighted by atomic mass is 35.5. The molecule has 5 aromatic rings. The Morgan fingerprint density at radius 2 is 1.77 bits per heavy atom. The van der Waals surface area contributed by atoms with E-state index >= 15 is 0 Å². The average Bonchev–Trinajstić information content (AvgIpc) is 3.21. The molecule has 30 heavy (non-hydrogen) atoms. The molecule has 0 aliphatic carbocycles. The van der Waals surface area contributed by atoms with Crippen LogP contribution >= 0.6 is 23.3 Å². The monoisotopic (exact) mass is 433 g/mol. The minimum absolute atomic E-state index is 0.293. The van der Waals surface area contributed by atoms with E-state index in [-0.39, 0.29) is 5.91 Å². The standard InChI is InChI=1S/C22H12ClN3O3S/c23-17-11-14(24-21(27)13-5-8-18-19(10-13)26-30-25-18)6-7-15(17)16-9-12-3-1-2-4-20(12)29-22(16)28/h1-11H,(H,24,27). The molecule has 0 saturated heterocycles. The van der Waals surface area contributed by atoms with Gasteiger partial charge in [-0.15, -0.1) is 0 Å². The Morgan fingerprint density at radius 1 is 0.933 bits per heavy atom. The molecule has 0 radical (unpaired) electrons. The smallest absolute Gasteiger partial charge is 0.344 e. The summed E-state index contributed by atoms with van der Waals surface area (Å²) in [6, 6.07) is 19.1. The normalized spacial score (nSPS) is 11.1. The SMILES string of the molecule is O=C(Nc1ccc(-c2cc3ccccc3oc2=O)c(Cl)c1)c1ccc2nsnc2c1. The van der Waals surface area contributed by atoms with Crippen molar-refractivity contribution in [2.45, 2.75) is 0 Å². The Balaban J connectivity index is 1.45. The number of fused-ring (bicyclic) bond motifs is 2. The number of halogens is 1. The zero-order chi connectivity index (χ0) is 20.7. The van der Waals surface area contributed by atoms with Crippen molar-refractivity contribution in [3.05, 3.63) is 87.7 Å². The van der Waals surface area contributed by atoms with Gasteiger partial charge in [0.1, 0.15) is 16.6 Å².